The van der Waals surface area contributed by atoms with Gasteiger partial charge in [0.1, 0.15) is 12.4 Å². The third-order valence-electron chi connectivity index (χ3n) is 5.70. The standard InChI is InChI=1S/C18H28N4O2/c23-18-3-1-2-6-21(18)12-15-4-7-20(8-5-15)13-16-11-19-17-14-24-10-9-22(16)17/h11,15H,1-10,12-14H2. The minimum atomic E-state index is 0.372. The van der Waals surface area contributed by atoms with E-state index >= 15 is 0 Å². The molecule has 3 aliphatic rings. The van der Waals surface area contributed by atoms with E-state index in [1.165, 1.54) is 25.0 Å². The zero-order valence-electron chi connectivity index (χ0n) is 14.5. The van der Waals surface area contributed by atoms with Crippen LogP contribution >= 0.6 is 0 Å². The molecule has 2 saturated heterocycles. The number of hydrogen-bond acceptors (Lipinski definition) is 4. The van der Waals surface area contributed by atoms with Crippen LogP contribution in [0.3, 0.4) is 0 Å². The largest absolute Gasteiger partial charge is 0.372 e. The van der Waals surface area contributed by atoms with Crippen molar-refractivity contribution in [1.82, 2.24) is 19.4 Å². The first-order chi connectivity index (χ1) is 11.8. The first-order valence-corrected chi connectivity index (χ1v) is 9.41. The SMILES string of the molecule is O=C1CCCCN1CC1CCN(Cc2cnc3n2CCOC3)CC1. The average Bonchev–Trinajstić information content (AvgIpc) is 3.02. The van der Waals surface area contributed by atoms with E-state index in [1.54, 1.807) is 0 Å². The summed E-state index contributed by atoms with van der Waals surface area (Å²) < 4.78 is 7.79. The minimum Gasteiger partial charge on any atom is -0.372 e. The van der Waals surface area contributed by atoms with Crippen molar-refractivity contribution in [3.05, 3.63) is 17.7 Å². The summed E-state index contributed by atoms with van der Waals surface area (Å²) in [4.78, 5) is 21.1. The summed E-state index contributed by atoms with van der Waals surface area (Å²) in [6, 6.07) is 0. The molecule has 0 spiro atoms. The Morgan fingerprint density at radius 1 is 1.17 bits per heavy atom. The number of aromatic nitrogens is 2. The first-order valence-electron chi connectivity index (χ1n) is 9.41. The van der Waals surface area contributed by atoms with E-state index < -0.39 is 0 Å². The number of hydrogen-bond donors (Lipinski definition) is 0. The lowest BCUT2D eigenvalue weighted by Gasteiger charge is -2.36. The predicted octanol–water partition coefficient (Wildman–Crippen LogP) is 1.64. The zero-order chi connectivity index (χ0) is 16.4. The van der Waals surface area contributed by atoms with E-state index in [4.69, 9.17) is 4.74 Å². The molecule has 6 heteroatoms. The van der Waals surface area contributed by atoms with Gasteiger partial charge < -0.3 is 14.2 Å². The number of rotatable bonds is 4. The fraction of sp³-hybridized carbons (Fsp3) is 0.778. The lowest BCUT2D eigenvalue weighted by atomic mass is 9.95. The maximum atomic E-state index is 12.0. The average molecular weight is 332 g/mol. The molecule has 2 fully saturated rings. The molecule has 3 aliphatic heterocycles. The Balaban J connectivity index is 1.27. The minimum absolute atomic E-state index is 0.372. The quantitative estimate of drug-likeness (QED) is 0.841. The van der Waals surface area contributed by atoms with Crippen LogP contribution in [0.15, 0.2) is 6.20 Å². The molecule has 4 rings (SSSR count). The second-order valence-electron chi connectivity index (χ2n) is 7.39. The van der Waals surface area contributed by atoms with E-state index in [9.17, 15) is 4.79 Å². The van der Waals surface area contributed by atoms with Gasteiger partial charge in [0.15, 0.2) is 0 Å². The molecule has 0 bridgehead atoms. The van der Waals surface area contributed by atoms with Crippen LogP contribution in [0.5, 0.6) is 0 Å². The Morgan fingerprint density at radius 2 is 2.04 bits per heavy atom. The number of imidazole rings is 1. The van der Waals surface area contributed by atoms with Gasteiger partial charge in [0.05, 0.1) is 12.3 Å². The highest BCUT2D eigenvalue weighted by Crippen LogP contribution is 2.23. The third-order valence-corrected chi connectivity index (χ3v) is 5.70. The third kappa shape index (κ3) is 3.49. The number of nitrogens with zero attached hydrogens (tertiary/aromatic N) is 4. The van der Waals surface area contributed by atoms with Gasteiger partial charge in [-0.1, -0.05) is 0 Å². The van der Waals surface area contributed by atoms with Crippen molar-refractivity contribution in [2.45, 2.75) is 51.8 Å². The number of piperidine rings is 2. The van der Waals surface area contributed by atoms with E-state index in [2.05, 4.69) is 19.4 Å². The summed E-state index contributed by atoms with van der Waals surface area (Å²) in [5, 5.41) is 0. The summed E-state index contributed by atoms with van der Waals surface area (Å²) in [5.41, 5.74) is 1.32. The van der Waals surface area contributed by atoms with Crippen LogP contribution in [0.25, 0.3) is 0 Å². The molecule has 0 aliphatic carbocycles. The topological polar surface area (TPSA) is 50.6 Å². The molecule has 6 nitrogen and oxygen atoms in total. The molecule has 0 N–H and O–H groups in total. The number of amides is 1. The molecule has 0 unspecified atom stereocenters. The number of fused-ring (bicyclic) bond motifs is 1. The van der Waals surface area contributed by atoms with Gasteiger partial charge in [-0.2, -0.15) is 0 Å². The fourth-order valence-corrected chi connectivity index (χ4v) is 4.21. The van der Waals surface area contributed by atoms with Gasteiger partial charge in [-0.15, -0.1) is 0 Å². The Hall–Kier alpha value is -1.40. The van der Waals surface area contributed by atoms with Gasteiger partial charge in [-0.25, -0.2) is 4.98 Å². The van der Waals surface area contributed by atoms with Crippen molar-refractivity contribution < 1.29 is 9.53 Å². The fourth-order valence-electron chi connectivity index (χ4n) is 4.21. The molecule has 0 saturated carbocycles. The van der Waals surface area contributed by atoms with E-state index in [0.29, 0.717) is 18.4 Å². The molecule has 4 heterocycles. The smallest absolute Gasteiger partial charge is 0.222 e. The van der Waals surface area contributed by atoms with Crippen LogP contribution in [0, 0.1) is 5.92 Å². The summed E-state index contributed by atoms with van der Waals surface area (Å²) >= 11 is 0. The molecule has 1 aromatic heterocycles. The van der Waals surface area contributed by atoms with E-state index in [-0.39, 0.29) is 0 Å². The van der Waals surface area contributed by atoms with Gasteiger partial charge in [-0.3, -0.25) is 9.69 Å². The first kappa shape index (κ1) is 16.1. The molecule has 132 valence electrons. The maximum absolute atomic E-state index is 12.0. The Labute approximate surface area is 143 Å². The monoisotopic (exact) mass is 332 g/mol. The molecule has 1 amide bonds. The summed E-state index contributed by atoms with van der Waals surface area (Å²) in [7, 11) is 0. The van der Waals surface area contributed by atoms with Gasteiger partial charge in [0.2, 0.25) is 5.91 Å². The number of carbonyl (C=O) groups is 1. The molecule has 1 aromatic rings. The normalized spacial score (nSPS) is 23.5. The Kier molecular flexibility index (Phi) is 4.85. The van der Waals surface area contributed by atoms with Gasteiger partial charge in [0, 0.05) is 38.8 Å². The summed E-state index contributed by atoms with van der Waals surface area (Å²) in [6.07, 6.45) is 7.44. The van der Waals surface area contributed by atoms with Crippen LogP contribution in [-0.4, -0.2) is 58.0 Å². The van der Waals surface area contributed by atoms with Gasteiger partial charge in [-0.05, 0) is 44.7 Å². The lowest BCUT2D eigenvalue weighted by molar-refractivity contribution is -0.134. The second kappa shape index (κ2) is 7.23. The summed E-state index contributed by atoms with van der Waals surface area (Å²) in [5.74, 6) is 2.11. The maximum Gasteiger partial charge on any atom is 0.222 e. The zero-order valence-corrected chi connectivity index (χ0v) is 14.5. The Bertz CT molecular complexity index is 578. The lowest BCUT2D eigenvalue weighted by Crippen LogP contribution is -2.42. The van der Waals surface area contributed by atoms with E-state index in [1.807, 2.05) is 6.20 Å². The highest BCUT2D eigenvalue weighted by Gasteiger charge is 2.26. The van der Waals surface area contributed by atoms with Crippen molar-refractivity contribution in [3.8, 4) is 0 Å². The molecular weight excluding hydrogens is 304 g/mol. The van der Waals surface area contributed by atoms with Crippen molar-refractivity contribution in [3.63, 3.8) is 0 Å². The highest BCUT2D eigenvalue weighted by atomic mass is 16.5. The van der Waals surface area contributed by atoms with Crippen LogP contribution < -0.4 is 0 Å². The van der Waals surface area contributed by atoms with Crippen LogP contribution in [0.2, 0.25) is 0 Å². The van der Waals surface area contributed by atoms with Crippen molar-refractivity contribution >= 4 is 5.91 Å². The number of likely N-dealkylation sites (tertiary alicyclic amines) is 2. The van der Waals surface area contributed by atoms with Crippen molar-refractivity contribution in [2.75, 3.05) is 32.8 Å². The summed E-state index contributed by atoms with van der Waals surface area (Å²) in [6.45, 7) is 7.57. The van der Waals surface area contributed by atoms with Crippen molar-refractivity contribution in [1.29, 1.82) is 0 Å². The predicted molar refractivity (Wildman–Crippen MR) is 90.3 cm³/mol. The van der Waals surface area contributed by atoms with E-state index in [0.717, 1.165) is 64.5 Å². The van der Waals surface area contributed by atoms with Crippen molar-refractivity contribution in [2.24, 2.45) is 5.92 Å². The number of ether oxygens (including phenoxy) is 1. The number of carbonyl (C=O) groups excluding carboxylic acids is 1. The second-order valence-corrected chi connectivity index (χ2v) is 7.39. The molecule has 24 heavy (non-hydrogen) atoms. The van der Waals surface area contributed by atoms with Gasteiger partial charge >= 0.3 is 0 Å². The molecule has 0 atom stereocenters. The molecule has 0 radical (unpaired) electrons. The van der Waals surface area contributed by atoms with Crippen LogP contribution in [0.1, 0.15) is 43.6 Å². The molecular formula is C18H28N4O2. The van der Waals surface area contributed by atoms with Gasteiger partial charge in [0.25, 0.3) is 0 Å². The molecule has 0 aromatic carbocycles. The highest BCUT2D eigenvalue weighted by molar-refractivity contribution is 5.76. The van der Waals surface area contributed by atoms with Crippen LogP contribution in [-0.2, 0) is 29.2 Å². The van der Waals surface area contributed by atoms with Crippen LogP contribution in [0.4, 0.5) is 0 Å². The Morgan fingerprint density at radius 3 is 2.88 bits per heavy atom.